The Morgan fingerprint density at radius 3 is 2.88 bits per heavy atom. The van der Waals surface area contributed by atoms with Gasteiger partial charge in [-0.15, -0.1) is 0 Å². The van der Waals surface area contributed by atoms with Crippen molar-refractivity contribution in [1.29, 1.82) is 0 Å². The summed E-state index contributed by atoms with van der Waals surface area (Å²) in [4.78, 5) is 2.50. The van der Waals surface area contributed by atoms with Crippen LogP contribution < -0.4 is 5.73 Å². The largest absolute Gasteiger partial charge is 0.380 e. The van der Waals surface area contributed by atoms with Crippen molar-refractivity contribution in [3.8, 4) is 0 Å². The molecule has 0 aliphatic carbocycles. The number of ether oxygens (including phenoxy) is 1. The summed E-state index contributed by atoms with van der Waals surface area (Å²) in [6, 6.07) is 0. The Hall–Kier alpha value is -0.120. The monoisotopic (exact) mass is 228 g/mol. The Labute approximate surface area is 100 Å². The third-order valence-electron chi connectivity index (χ3n) is 3.69. The predicted molar refractivity (Wildman–Crippen MR) is 68.5 cm³/mol. The zero-order valence-corrected chi connectivity index (χ0v) is 11.0. The molecule has 0 saturated carbocycles. The Morgan fingerprint density at radius 2 is 2.19 bits per heavy atom. The second-order valence-electron chi connectivity index (χ2n) is 5.03. The van der Waals surface area contributed by atoms with Crippen molar-refractivity contribution < 1.29 is 4.74 Å². The van der Waals surface area contributed by atoms with Crippen LogP contribution in [0.4, 0.5) is 0 Å². The number of likely N-dealkylation sites (tertiary alicyclic amines) is 1. The molecule has 0 aromatic carbocycles. The molecule has 3 nitrogen and oxygen atoms in total. The van der Waals surface area contributed by atoms with E-state index in [1.54, 1.807) is 0 Å². The van der Waals surface area contributed by atoms with Crippen molar-refractivity contribution in [2.24, 2.45) is 17.6 Å². The van der Waals surface area contributed by atoms with Gasteiger partial charge >= 0.3 is 0 Å². The first kappa shape index (κ1) is 13.9. The molecule has 0 bridgehead atoms. The van der Waals surface area contributed by atoms with Crippen LogP contribution in [0.1, 0.15) is 33.1 Å². The van der Waals surface area contributed by atoms with E-state index in [0.717, 1.165) is 38.8 Å². The van der Waals surface area contributed by atoms with E-state index in [2.05, 4.69) is 18.7 Å². The highest BCUT2D eigenvalue weighted by Gasteiger charge is 2.24. The fourth-order valence-electron chi connectivity index (χ4n) is 2.28. The van der Waals surface area contributed by atoms with Crippen LogP contribution in [-0.2, 0) is 4.74 Å². The number of hydrogen-bond acceptors (Lipinski definition) is 3. The molecule has 2 N–H and O–H groups in total. The summed E-state index contributed by atoms with van der Waals surface area (Å²) in [6.45, 7) is 10.6. The molecule has 96 valence electrons. The molecule has 1 heterocycles. The number of rotatable bonds is 7. The van der Waals surface area contributed by atoms with Crippen LogP contribution in [-0.4, -0.2) is 44.3 Å². The lowest BCUT2D eigenvalue weighted by molar-refractivity contribution is 0.0708. The second-order valence-corrected chi connectivity index (χ2v) is 5.03. The van der Waals surface area contributed by atoms with Crippen LogP contribution in [0.2, 0.25) is 0 Å². The van der Waals surface area contributed by atoms with Crippen LogP contribution in [0.25, 0.3) is 0 Å². The maximum Gasteiger partial charge on any atom is 0.0593 e. The Balaban J connectivity index is 2.08. The molecule has 1 aliphatic heterocycles. The lowest BCUT2D eigenvalue weighted by atomic mass is 9.87. The second kappa shape index (κ2) is 8.04. The highest BCUT2D eigenvalue weighted by molar-refractivity contribution is 4.78. The quantitative estimate of drug-likeness (QED) is 0.674. The van der Waals surface area contributed by atoms with E-state index in [0.29, 0.717) is 5.92 Å². The van der Waals surface area contributed by atoms with E-state index < -0.39 is 0 Å². The molecule has 1 saturated heterocycles. The molecular weight excluding hydrogens is 200 g/mol. The standard InChI is InChI=1S/C13H28N2O/c1-3-4-8-16-9-7-15-6-5-12(2)13(10-14)11-15/h12-13H,3-11,14H2,1-2H3. The minimum Gasteiger partial charge on any atom is -0.380 e. The van der Waals surface area contributed by atoms with Gasteiger partial charge < -0.3 is 15.4 Å². The third kappa shape index (κ3) is 4.81. The van der Waals surface area contributed by atoms with Gasteiger partial charge in [-0.2, -0.15) is 0 Å². The summed E-state index contributed by atoms with van der Waals surface area (Å²) >= 11 is 0. The van der Waals surface area contributed by atoms with Crippen molar-refractivity contribution in [2.75, 3.05) is 39.4 Å². The van der Waals surface area contributed by atoms with Crippen molar-refractivity contribution in [3.05, 3.63) is 0 Å². The molecule has 1 aliphatic rings. The molecule has 1 fully saturated rings. The lowest BCUT2D eigenvalue weighted by Gasteiger charge is -2.36. The van der Waals surface area contributed by atoms with E-state index in [1.165, 1.54) is 25.8 Å². The molecule has 2 atom stereocenters. The molecule has 0 radical (unpaired) electrons. The SMILES string of the molecule is CCCCOCCN1CCC(C)C(CN)C1. The smallest absolute Gasteiger partial charge is 0.0593 e. The maximum absolute atomic E-state index is 5.79. The van der Waals surface area contributed by atoms with Crippen LogP contribution >= 0.6 is 0 Å². The third-order valence-corrected chi connectivity index (χ3v) is 3.69. The summed E-state index contributed by atoms with van der Waals surface area (Å²) in [5, 5.41) is 0. The Morgan fingerprint density at radius 1 is 1.38 bits per heavy atom. The molecule has 0 amide bonds. The summed E-state index contributed by atoms with van der Waals surface area (Å²) in [5.41, 5.74) is 5.79. The fraction of sp³-hybridized carbons (Fsp3) is 1.00. The van der Waals surface area contributed by atoms with Crippen LogP contribution in [0.15, 0.2) is 0 Å². The van der Waals surface area contributed by atoms with E-state index in [1.807, 2.05) is 0 Å². The van der Waals surface area contributed by atoms with Gasteiger partial charge in [0.2, 0.25) is 0 Å². The van der Waals surface area contributed by atoms with E-state index >= 15 is 0 Å². The molecule has 0 spiro atoms. The van der Waals surface area contributed by atoms with Gasteiger partial charge in [-0.05, 0) is 37.8 Å². The summed E-state index contributed by atoms with van der Waals surface area (Å²) < 4.78 is 5.60. The number of nitrogens with two attached hydrogens (primary N) is 1. The van der Waals surface area contributed by atoms with Gasteiger partial charge in [-0.1, -0.05) is 20.3 Å². The average molecular weight is 228 g/mol. The molecule has 16 heavy (non-hydrogen) atoms. The van der Waals surface area contributed by atoms with Gasteiger partial charge in [-0.3, -0.25) is 0 Å². The van der Waals surface area contributed by atoms with Crippen molar-refractivity contribution >= 4 is 0 Å². The topological polar surface area (TPSA) is 38.5 Å². The first-order valence-electron chi connectivity index (χ1n) is 6.78. The minimum atomic E-state index is 0.685. The van der Waals surface area contributed by atoms with Crippen molar-refractivity contribution in [1.82, 2.24) is 4.90 Å². The fourth-order valence-corrected chi connectivity index (χ4v) is 2.28. The highest BCUT2D eigenvalue weighted by atomic mass is 16.5. The van der Waals surface area contributed by atoms with Gasteiger partial charge in [0.15, 0.2) is 0 Å². The number of hydrogen-bond donors (Lipinski definition) is 1. The molecule has 3 heteroatoms. The van der Waals surface area contributed by atoms with Gasteiger partial charge in [0.25, 0.3) is 0 Å². The summed E-state index contributed by atoms with van der Waals surface area (Å²) in [7, 11) is 0. The van der Waals surface area contributed by atoms with E-state index in [9.17, 15) is 0 Å². The molecule has 2 unspecified atom stereocenters. The van der Waals surface area contributed by atoms with Crippen molar-refractivity contribution in [3.63, 3.8) is 0 Å². The first-order valence-corrected chi connectivity index (χ1v) is 6.78. The van der Waals surface area contributed by atoms with Gasteiger partial charge in [-0.25, -0.2) is 0 Å². The van der Waals surface area contributed by atoms with Gasteiger partial charge in [0, 0.05) is 19.7 Å². The normalized spacial score (nSPS) is 27.2. The Bertz CT molecular complexity index is 175. The maximum atomic E-state index is 5.79. The molecule has 1 rings (SSSR count). The van der Waals surface area contributed by atoms with Crippen LogP contribution in [0.3, 0.4) is 0 Å². The summed E-state index contributed by atoms with van der Waals surface area (Å²) in [6.07, 6.45) is 3.69. The first-order chi connectivity index (χ1) is 7.77. The lowest BCUT2D eigenvalue weighted by Crippen LogP contribution is -2.43. The van der Waals surface area contributed by atoms with Gasteiger partial charge in [0.05, 0.1) is 6.61 Å². The molecular formula is C13H28N2O. The van der Waals surface area contributed by atoms with Crippen molar-refractivity contribution in [2.45, 2.75) is 33.1 Å². The number of piperidine rings is 1. The van der Waals surface area contributed by atoms with E-state index in [4.69, 9.17) is 10.5 Å². The van der Waals surface area contributed by atoms with Crippen LogP contribution in [0, 0.1) is 11.8 Å². The molecule has 0 aromatic heterocycles. The number of unbranched alkanes of at least 4 members (excludes halogenated alkanes) is 1. The predicted octanol–water partition coefficient (Wildman–Crippen LogP) is 1.72. The zero-order valence-electron chi connectivity index (χ0n) is 11.0. The Kier molecular flexibility index (Phi) is 7.01. The minimum absolute atomic E-state index is 0.685. The number of nitrogens with zero attached hydrogens (tertiary/aromatic N) is 1. The van der Waals surface area contributed by atoms with Gasteiger partial charge in [0.1, 0.15) is 0 Å². The average Bonchev–Trinajstić information content (AvgIpc) is 2.31. The highest BCUT2D eigenvalue weighted by Crippen LogP contribution is 2.21. The molecule has 0 aromatic rings. The zero-order chi connectivity index (χ0) is 11.8. The van der Waals surface area contributed by atoms with E-state index in [-0.39, 0.29) is 0 Å². The van der Waals surface area contributed by atoms with Crippen LogP contribution in [0.5, 0.6) is 0 Å². The summed E-state index contributed by atoms with van der Waals surface area (Å²) in [5.74, 6) is 1.48.